The SMILES string of the molecule is COc1c(Cl)c(C)c(C(C)=O)c(OCCN2CCCCC2)c1OCCC(C)c1ccc(F)cc1. The van der Waals surface area contributed by atoms with Gasteiger partial charge in [-0.15, -0.1) is 0 Å². The van der Waals surface area contributed by atoms with E-state index >= 15 is 0 Å². The van der Waals surface area contributed by atoms with Crippen LogP contribution in [0.15, 0.2) is 24.3 Å². The molecule has 1 aliphatic rings. The van der Waals surface area contributed by atoms with Crippen LogP contribution in [0.25, 0.3) is 0 Å². The number of piperidine rings is 1. The maximum absolute atomic E-state index is 13.2. The zero-order valence-electron chi connectivity index (χ0n) is 20.6. The van der Waals surface area contributed by atoms with Gasteiger partial charge >= 0.3 is 0 Å². The lowest BCUT2D eigenvalue weighted by atomic mass is 9.98. The van der Waals surface area contributed by atoms with E-state index in [0.29, 0.717) is 53.0 Å². The average molecular weight is 492 g/mol. The van der Waals surface area contributed by atoms with Crippen LogP contribution in [0.2, 0.25) is 5.02 Å². The number of carbonyl (C=O) groups excluding carboxylic acids is 1. The molecule has 2 aromatic carbocycles. The molecule has 0 radical (unpaired) electrons. The van der Waals surface area contributed by atoms with Crippen molar-refractivity contribution in [2.24, 2.45) is 0 Å². The molecule has 3 rings (SSSR count). The van der Waals surface area contributed by atoms with Crippen LogP contribution in [0.3, 0.4) is 0 Å². The Balaban J connectivity index is 1.80. The monoisotopic (exact) mass is 491 g/mol. The Labute approximate surface area is 207 Å². The third-order valence-electron chi connectivity index (χ3n) is 6.44. The Morgan fingerprint density at radius 2 is 1.71 bits per heavy atom. The van der Waals surface area contributed by atoms with Crippen molar-refractivity contribution in [1.82, 2.24) is 4.90 Å². The van der Waals surface area contributed by atoms with Crippen molar-refractivity contribution in [3.63, 3.8) is 0 Å². The van der Waals surface area contributed by atoms with E-state index in [-0.39, 0.29) is 17.5 Å². The summed E-state index contributed by atoms with van der Waals surface area (Å²) in [6, 6.07) is 6.49. The Kier molecular flexibility index (Phi) is 9.60. The first kappa shape index (κ1) is 26.3. The fourth-order valence-electron chi connectivity index (χ4n) is 4.40. The van der Waals surface area contributed by atoms with Gasteiger partial charge in [-0.2, -0.15) is 0 Å². The van der Waals surface area contributed by atoms with E-state index < -0.39 is 0 Å². The predicted molar refractivity (Wildman–Crippen MR) is 133 cm³/mol. The van der Waals surface area contributed by atoms with E-state index in [1.165, 1.54) is 45.4 Å². The summed E-state index contributed by atoms with van der Waals surface area (Å²) in [5.41, 5.74) is 2.07. The van der Waals surface area contributed by atoms with Gasteiger partial charge in [0.05, 0.1) is 24.3 Å². The molecule has 0 aromatic heterocycles. The maximum atomic E-state index is 13.2. The van der Waals surface area contributed by atoms with Crippen LogP contribution >= 0.6 is 11.6 Å². The Morgan fingerprint density at radius 3 is 2.32 bits per heavy atom. The minimum Gasteiger partial charge on any atom is -0.491 e. The third kappa shape index (κ3) is 6.42. The van der Waals surface area contributed by atoms with E-state index in [1.807, 2.05) is 0 Å². The number of likely N-dealkylation sites (tertiary alicyclic amines) is 1. The number of hydrogen-bond donors (Lipinski definition) is 0. The van der Waals surface area contributed by atoms with Gasteiger partial charge in [0.25, 0.3) is 0 Å². The molecule has 2 aromatic rings. The van der Waals surface area contributed by atoms with Gasteiger partial charge in [-0.3, -0.25) is 9.69 Å². The minimum absolute atomic E-state index is 0.139. The number of benzene rings is 2. The number of nitrogens with zero attached hydrogens (tertiary/aromatic N) is 1. The number of ketones is 1. The summed E-state index contributed by atoms with van der Waals surface area (Å²) in [6.45, 7) is 9.06. The van der Waals surface area contributed by atoms with Crippen LogP contribution < -0.4 is 14.2 Å². The molecular formula is C27H35ClFNO4. The van der Waals surface area contributed by atoms with Crippen molar-refractivity contribution < 1.29 is 23.4 Å². The van der Waals surface area contributed by atoms with E-state index in [9.17, 15) is 9.18 Å². The molecule has 0 amide bonds. The topological polar surface area (TPSA) is 48.0 Å². The first-order chi connectivity index (χ1) is 16.3. The van der Waals surface area contributed by atoms with Crippen molar-refractivity contribution >= 4 is 17.4 Å². The summed E-state index contributed by atoms with van der Waals surface area (Å²) in [5, 5.41) is 0.345. The van der Waals surface area contributed by atoms with Gasteiger partial charge in [0.15, 0.2) is 17.3 Å². The molecule has 0 N–H and O–H groups in total. The molecule has 1 fully saturated rings. The van der Waals surface area contributed by atoms with Crippen LogP contribution in [-0.4, -0.2) is 50.6 Å². The van der Waals surface area contributed by atoms with Gasteiger partial charge in [0.2, 0.25) is 5.75 Å². The van der Waals surface area contributed by atoms with Crippen molar-refractivity contribution in [2.75, 3.05) is 40.0 Å². The molecule has 1 saturated heterocycles. The Bertz CT molecular complexity index is 974. The average Bonchev–Trinajstić information content (AvgIpc) is 2.82. The molecule has 0 bridgehead atoms. The highest BCUT2D eigenvalue weighted by atomic mass is 35.5. The van der Waals surface area contributed by atoms with E-state index in [0.717, 1.165) is 25.2 Å². The molecule has 5 nitrogen and oxygen atoms in total. The van der Waals surface area contributed by atoms with Gasteiger partial charge in [0.1, 0.15) is 12.4 Å². The van der Waals surface area contributed by atoms with Crippen LogP contribution in [-0.2, 0) is 0 Å². The number of hydrogen-bond acceptors (Lipinski definition) is 5. The molecule has 34 heavy (non-hydrogen) atoms. The van der Waals surface area contributed by atoms with Crippen LogP contribution in [0.5, 0.6) is 17.2 Å². The quantitative estimate of drug-likeness (QED) is 0.339. The molecule has 186 valence electrons. The van der Waals surface area contributed by atoms with Gasteiger partial charge in [-0.25, -0.2) is 4.39 Å². The van der Waals surface area contributed by atoms with Crippen molar-refractivity contribution in [3.05, 3.63) is 51.8 Å². The molecule has 7 heteroatoms. The van der Waals surface area contributed by atoms with Gasteiger partial charge in [0, 0.05) is 6.54 Å². The molecule has 0 spiro atoms. The second-order valence-electron chi connectivity index (χ2n) is 8.90. The van der Waals surface area contributed by atoms with Gasteiger partial charge in [-0.1, -0.05) is 37.1 Å². The number of ether oxygens (including phenoxy) is 3. The highest BCUT2D eigenvalue weighted by Gasteiger charge is 2.27. The first-order valence-corrected chi connectivity index (χ1v) is 12.4. The van der Waals surface area contributed by atoms with Crippen molar-refractivity contribution in [3.8, 4) is 17.2 Å². The van der Waals surface area contributed by atoms with Gasteiger partial charge < -0.3 is 14.2 Å². The van der Waals surface area contributed by atoms with E-state index in [1.54, 1.807) is 19.1 Å². The number of Topliss-reactive ketones (excluding diaryl/α,β-unsaturated/α-hetero) is 1. The molecule has 1 unspecified atom stereocenters. The van der Waals surface area contributed by atoms with Crippen LogP contribution in [0, 0.1) is 12.7 Å². The summed E-state index contributed by atoms with van der Waals surface area (Å²) >= 11 is 6.57. The number of halogens is 2. The summed E-state index contributed by atoms with van der Waals surface area (Å²) in [4.78, 5) is 15.0. The van der Waals surface area contributed by atoms with Crippen molar-refractivity contribution in [1.29, 1.82) is 0 Å². The minimum atomic E-state index is -0.255. The molecule has 1 heterocycles. The lowest BCUT2D eigenvalue weighted by Gasteiger charge is -2.27. The number of rotatable bonds is 11. The molecule has 0 saturated carbocycles. The highest BCUT2D eigenvalue weighted by molar-refractivity contribution is 6.34. The normalized spacial score (nSPS) is 15.1. The maximum Gasteiger partial charge on any atom is 0.205 e. The van der Waals surface area contributed by atoms with Crippen LogP contribution in [0.1, 0.15) is 66.9 Å². The molecule has 1 atom stereocenters. The number of carbonyl (C=O) groups is 1. The molecular weight excluding hydrogens is 457 g/mol. The zero-order valence-corrected chi connectivity index (χ0v) is 21.3. The van der Waals surface area contributed by atoms with Gasteiger partial charge in [-0.05, 0) is 75.4 Å². The first-order valence-electron chi connectivity index (χ1n) is 12.0. The molecule has 0 aliphatic carbocycles. The second-order valence-corrected chi connectivity index (χ2v) is 9.28. The second kappa shape index (κ2) is 12.4. The highest BCUT2D eigenvalue weighted by Crippen LogP contribution is 2.48. The summed E-state index contributed by atoms with van der Waals surface area (Å²) < 4.78 is 31.2. The van der Waals surface area contributed by atoms with Crippen molar-refractivity contribution in [2.45, 2.75) is 52.4 Å². The third-order valence-corrected chi connectivity index (χ3v) is 6.89. The van der Waals surface area contributed by atoms with E-state index in [4.69, 9.17) is 25.8 Å². The summed E-state index contributed by atoms with van der Waals surface area (Å²) in [5.74, 6) is 0.870. The lowest BCUT2D eigenvalue weighted by molar-refractivity contribution is 0.101. The summed E-state index contributed by atoms with van der Waals surface area (Å²) in [6.07, 6.45) is 4.36. The zero-order chi connectivity index (χ0) is 24.7. The summed E-state index contributed by atoms with van der Waals surface area (Å²) in [7, 11) is 1.53. The predicted octanol–water partition coefficient (Wildman–Crippen LogP) is 6.44. The fourth-order valence-corrected chi connectivity index (χ4v) is 4.65. The fraction of sp³-hybridized carbons (Fsp3) is 0.519. The smallest absolute Gasteiger partial charge is 0.205 e. The van der Waals surface area contributed by atoms with Crippen LogP contribution in [0.4, 0.5) is 4.39 Å². The number of methoxy groups -OCH3 is 1. The van der Waals surface area contributed by atoms with E-state index in [2.05, 4.69) is 11.8 Å². The standard InChI is InChI=1S/C27H35ClFNO4/c1-18(21-8-10-22(29)11-9-21)12-16-33-27-25(34-17-15-30-13-6-5-7-14-30)23(20(3)31)19(2)24(28)26(27)32-4/h8-11,18H,5-7,12-17H2,1-4H3. The lowest BCUT2D eigenvalue weighted by Crippen LogP contribution is -2.33. The Morgan fingerprint density at radius 1 is 1.06 bits per heavy atom. The largest absolute Gasteiger partial charge is 0.491 e. The molecule has 1 aliphatic heterocycles. The Hall–Kier alpha value is -2.31.